The van der Waals surface area contributed by atoms with Crippen molar-refractivity contribution >= 4 is 21.9 Å². The van der Waals surface area contributed by atoms with E-state index in [0.29, 0.717) is 16.9 Å². The first-order valence-electron chi connectivity index (χ1n) is 10.5. The van der Waals surface area contributed by atoms with Gasteiger partial charge in [0.25, 0.3) is 0 Å². The average molecular weight is 469 g/mol. The van der Waals surface area contributed by atoms with Gasteiger partial charge in [0.15, 0.2) is 0 Å². The fourth-order valence-corrected chi connectivity index (χ4v) is 5.61. The predicted octanol–water partition coefficient (Wildman–Crippen LogP) is 4.49. The molecule has 0 saturated carbocycles. The highest BCUT2D eigenvalue weighted by atomic mass is 32.2. The quantitative estimate of drug-likeness (QED) is 0.598. The molecular formula is C24H25FN4O3S. The molecular weight excluding hydrogens is 443 g/mol. The number of hydrogen-bond donors (Lipinski definition) is 1. The number of benzene rings is 2. The van der Waals surface area contributed by atoms with E-state index in [2.05, 4.69) is 4.98 Å². The standard InChI is InChI=1S/C24H25FN4O3S/c1-16-14-28(15-27-16)22-9-4-18(13-23(22)32-3)12-20-10-11-33(30,31)29(24(20)26)17(2)19-5-7-21(25)8-6-19/h4-9,12-15,17,26H,10-11H2,1-3H3. The first kappa shape index (κ1) is 22.7. The Bertz CT molecular complexity index is 1330. The number of hydrogen-bond acceptors (Lipinski definition) is 5. The summed E-state index contributed by atoms with van der Waals surface area (Å²) in [6, 6.07) is 10.7. The van der Waals surface area contributed by atoms with Gasteiger partial charge in [-0.15, -0.1) is 0 Å². The molecule has 1 N–H and O–H groups in total. The molecule has 3 aromatic rings. The Labute approximate surface area is 192 Å². The lowest BCUT2D eigenvalue weighted by molar-refractivity contribution is 0.413. The van der Waals surface area contributed by atoms with Crippen molar-refractivity contribution in [1.29, 1.82) is 5.41 Å². The first-order valence-corrected chi connectivity index (χ1v) is 12.1. The molecule has 0 bridgehead atoms. The smallest absolute Gasteiger partial charge is 0.237 e. The van der Waals surface area contributed by atoms with Crippen LogP contribution in [0.5, 0.6) is 5.75 Å². The van der Waals surface area contributed by atoms with Gasteiger partial charge in [0, 0.05) is 6.20 Å². The normalized spacial score (nSPS) is 17.9. The molecule has 1 unspecified atom stereocenters. The molecule has 172 valence electrons. The molecule has 2 heterocycles. The number of amidine groups is 1. The van der Waals surface area contributed by atoms with Crippen LogP contribution in [0, 0.1) is 18.2 Å². The van der Waals surface area contributed by atoms with Crippen molar-refractivity contribution in [2.75, 3.05) is 12.9 Å². The summed E-state index contributed by atoms with van der Waals surface area (Å²) in [6.07, 6.45) is 5.65. The van der Waals surface area contributed by atoms with Crippen LogP contribution >= 0.6 is 0 Å². The third kappa shape index (κ3) is 4.54. The Hall–Kier alpha value is -3.46. The zero-order chi connectivity index (χ0) is 23.8. The summed E-state index contributed by atoms with van der Waals surface area (Å²) in [7, 11) is -2.09. The molecule has 9 heteroatoms. The molecule has 33 heavy (non-hydrogen) atoms. The second-order valence-corrected chi connectivity index (χ2v) is 9.93. The van der Waals surface area contributed by atoms with E-state index in [1.165, 1.54) is 12.1 Å². The molecule has 0 aliphatic carbocycles. The van der Waals surface area contributed by atoms with Gasteiger partial charge in [-0.1, -0.05) is 18.2 Å². The number of methoxy groups -OCH3 is 1. The highest BCUT2D eigenvalue weighted by molar-refractivity contribution is 7.89. The second kappa shape index (κ2) is 8.82. The van der Waals surface area contributed by atoms with Crippen molar-refractivity contribution in [2.45, 2.75) is 26.3 Å². The van der Waals surface area contributed by atoms with E-state index in [9.17, 15) is 12.8 Å². The maximum Gasteiger partial charge on any atom is 0.237 e. The minimum atomic E-state index is -3.67. The van der Waals surface area contributed by atoms with Crippen molar-refractivity contribution in [3.8, 4) is 11.4 Å². The number of rotatable bonds is 5. The van der Waals surface area contributed by atoms with Crippen molar-refractivity contribution in [3.63, 3.8) is 0 Å². The van der Waals surface area contributed by atoms with Gasteiger partial charge < -0.3 is 9.30 Å². The molecule has 7 nitrogen and oxygen atoms in total. The molecule has 1 aromatic heterocycles. The highest BCUT2D eigenvalue weighted by Gasteiger charge is 2.36. The lowest BCUT2D eigenvalue weighted by Gasteiger charge is -2.35. The summed E-state index contributed by atoms with van der Waals surface area (Å²) < 4.78 is 47.5. The fourth-order valence-electron chi connectivity index (χ4n) is 3.94. The highest BCUT2D eigenvalue weighted by Crippen LogP contribution is 2.32. The van der Waals surface area contributed by atoms with Gasteiger partial charge in [-0.05, 0) is 67.3 Å². The fraction of sp³-hybridized carbons (Fsp3) is 0.250. The first-order chi connectivity index (χ1) is 15.7. The minimum Gasteiger partial charge on any atom is -0.495 e. The van der Waals surface area contributed by atoms with Crippen LogP contribution in [0.4, 0.5) is 4.39 Å². The van der Waals surface area contributed by atoms with Gasteiger partial charge in [-0.3, -0.25) is 5.41 Å². The van der Waals surface area contributed by atoms with E-state index in [1.807, 2.05) is 42.0 Å². The molecule has 4 rings (SSSR count). The monoisotopic (exact) mass is 468 g/mol. The zero-order valence-corrected chi connectivity index (χ0v) is 19.4. The number of aromatic nitrogens is 2. The molecule has 1 saturated heterocycles. The molecule has 1 aliphatic heterocycles. The van der Waals surface area contributed by atoms with Crippen LogP contribution in [0.3, 0.4) is 0 Å². The summed E-state index contributed by atoms with van der Waals surface area (Å²) in [5.41, 5.74) is 3.73. The van der Waals surface area contributed by atoms with Crippen LogP contribution in [-0.2, 0) is 10.0 Å². The maximum absolute atomic E-state index is 13.3. The molecule has 1 fully saturated rings. The Balaban J connectivity index is 1.67. The van der Waals surface area contributed by atoms with Gasteiger partial charge >= 0.3 is 0 Å². The average Bonchev–Trinajstić information content (AvgIpc) is 3.22. The SMILES string of the molecule is COc1cc(C=C2CCS(=O)(=O)N(C(C)c3ccc(F)cc3)C2=N)ccc1-n1cnc(C)c1. The molecule has 0 spiro atoms. The van der Waals surface area contributed by atoms with Crippen molar-refractivity contribution < 1.29 is 17.5 Å². The molecule has 1 aliphatic rings. The lowest BCUT2D eigenvalue weighted by Crippen LogP contribution is -2.44. The van der Waals surface area contributed by atoms with E-state index < -0.39 is 21.9 Å². The molecule has 0 radical (unpaired) electrons. The van der Waals surface area contributed by atoms with E-state index in [1.54, 1.807) is 32.5 Å². The van der Waals surface area contributed by atoms with E-state index in [4.69, 9.17) is 10.1 Å². The number of nitrogens with one attached hydrogen (secondary N) is 1. The van der Waals surface area contributed by atoms with Gasteiger partial charge in [0.1, 0.15) is 17.4 Å². The minimum absolute atomic E-state index is 0.0775. The predicted molar refractivity (Wildman–Crippen MR) is 126 cm³/mol. The summed E-state index contributed by atoms with van der Waals surface area (Å²) in [5.74, 6) is 0.0574. The molecule has 2 aromatic carbocycles. The Morgan fingerprint density at radius 2 is 1.94 bits per heavy atom. The van der Waals surface area contributed by atoms with Crippen LogP contribution in [0.25, 0.3) is 11.8 Å². The van der Waals surface area contributed by atoms with E-state index in [-0.39, 0.29) is 18.0 Å². The Morgan fingerprint density at radius 1 is 1.21 bits per heavy atom. The van der Waals surface area contributed by atoms with Gasteiger partial charge in [-0.25, -0.2) is 22.1 Å². The van der Waals surface area contributed by atoms with Gasteiger partial charge in [0.05, 0.1) is 36.6 Å². The third-order valence-electron chi connectivity index (χ3n) is 5.69. The van der Waals surface area contributed by atoms with Crippen LogP contribution in [0.15, 0.2) is 60.6 Å². The molecule has 0 amide bonds. The van der Waals surface area contributed by atoms with Crippen molar-refractivity contribution in [1.82, 2.24) is 13.9 Å². The lowest BCUT2D eigenvalue weighted by atomic mass is 10.0. The largest absolute Gasteiger partial charge is 0.495 e. The van der Waals surface area contributed by atoms with Crippen LogP contribution < -0.4 is 4.74 Å². The summed E-state index contributed by atoms with van der Waals surface area (Å²) in [6.45, 7) is 3.61. The molecule has 1 atom stereocenters. The van der Waals surface area contributed by atoms with Crippen LogP contribution in [0.2, 0.25) is 0 Å². The van der Waals surface area contributed by atoms with E-state index in [0.717, 1.165) is 21.2 Å². The summed E-state index contributed by atoms with van der Waals surface area (Å²) in [5, 5.41) is 8.67. The maximum atomic E-state index is 13.3. The zero-order valence-electron chi connectivity index (χ0n) is 18.6. The van der Waals surface area contributed by atoms with Crippen molar-refractivity contribution in [3.05, 3.63) is 83.2 Å². The van der Waals surface area contributed by atoms with Gasteiger partial charge in [-0.2, -0.15) is 0 Å². The second-order valence-electron chi connectivity index (χ2n) is 7.96. The number of ether oxygens (including phenoxy) is 1. The Morgan fingerprint density at radius 3 is 2.58 bits per heavy atom. The summed E-state index contributed by atoms with van der Waals surface area (Å²) >= 11 is 0. The number of nitrogens with zero attached hydrogens (tertiary/aromatic N) is 3. The number of aryl methyl sites for hydroxylation is 1. The van der Waals surface area contributed by atoms with Crippen molar-refractivity contribution in [2.24, 2.45) is 0 Å². The van der Waals surface area contributed by atoms with E-state index >= 15 is 0 Å². The topological polar surface area (TPSA) is 88.3 Å². The van der Waals surface area contributed by atoms with Crippen LogP contribution in [-0.4, -0.2) is 41.0 Å². The number of sulfonamides is 1. The third-order valence-corrected chi connectivity index (χ3v) is 7.51. The summed E-state index contributed by atoms with van der Waals surface area (Å²) in [4.78, 5) is 4.25. The number of halogens is 1. The number of imidazole rings is 1. The van der Waals surface area contributed by atoms with Crippen LogP contribution in [0.1, 0.15) is 36.2 Å². The van der Waals surface area contributed by atoms with Gasteiger partial charge in [0.2, 0.25) is 10.0 Å². The Kier molecular flexibility index (Phi) is 6.07.